The highest BCUT2D eigenvalue weighted by Crippen LogP contribution is 2.50. The Morgan fingerprint density at radius 3 is 2.44 bits per heavy atom. The molecule has 0 bridgehead atoms. The highest BCUT2D eigenvalue weighted by Gasteiger charge is 2.48. The summed E-state index contributed by atoms with van der Waals surface area (Å²) in [5.41, 5.74) is -0.405. The van der Waals surface area contributed by atoms with Gasteiger partial charge < -0.3 is 9.84 Å². The van der Waals surface area contributed by atoms with Crippen LogP contribution < -0.4 is 0 Å². The molecule has 0 aliphatic heterocycles. The first-order valence-electron chi connectivity index (χ1n) is 5.72. The van der Waals surface area contributed by atoms with Gasteiger partial charge in [-0.05, 0) is 31.6 Å². The minimum absolute atomic E-state index is 0.178. The molecule has 0 radical (unpaired) electrons. The third-order valence-corrected chi connectivity index (χ3v) is 3.57. The molecule has 1 atom stereocenters. The summed E-state index contributed by atoms with van der Waals surface area (Å²) in [4.78, 5) is 22.4. The average molecular weight is 228 g/mol. The van der Waals surface area contributed by atoms with Crippen molar-refractivity contribution in [3.05, 3.63) is 0 Å². The maximum atomic E-state index is 11.7. The van der Waals surface area contributed by atoms with E-state index in [1.807, 2.05) is 0 Å². The second kappa shape index (κ2) is 4.85. The molecule has 1 unspecified atom stereocenters. The molecule has 1 rings (SSSR count). The Labute approximate surface area is 96.0 Å². The third-order valence-electron chi connectivity index (χ3n) is 3.57. The normalized spacial score (nSPS) is 30.3. The van der Waals surface area contributed by atoms with E-state index in [9.17, 15) is 9.59 Å². The molecule has 0 amide bonds. The van der Waals surface area contributed by atoms with Crippen molar-refractivity contribution in [2.75, 3.05) is 7.11 Å². The first-order chi connectivity index (χ1) is 7.41. The van der Waals surface area contributed by atoms with Gasteiger partial charge >= 0.3 is 11.9 Å². The predicted molar refractivity (Wildman–Crippen MR) is 58.9 cm³/mol. The number of ether oxygens (including phenoxy) is 1. The van der Waals surface area contributed by atoms with Crippen molar-refractivity contribution in [1.29, 1.82) is 0 Å². The van der Waals surface area contributed by atoms with Crippen molar-refractivity contribution in [3.63, 3.8) is 0 Å². The molecule has 0 aromatic heterocycles. The first kappa shape index (κ1) is 13.0. The molecule has 0 aromatic carbocycles. The minimum atomic E-state index is -0.799. The lowest BCUT2D eigenvalue weighted by atomic mass is 9.60. The summed E-state index contributed by atoms with van der Waals surface area (Å²) in [6, 6.07) is 0. The van der Waals surface area contributed by atoms with Crippen LogP contribution in [0.15, 0.2) is 0 Å². The van der Waals surface area contributed by atoms with Gasteiger partial charge in [-0.1, -0.05) is 13.8 Å². The van der Waals surface area contributed by atoms with Crippen molar-refractivity contribution in [2.24, 2.45) is 17.3 Å². The molecule has 1 fully saturated rings. The number of carboxylic acid groups (broad SMARTS) is 1. The Bertz CT molecular complexity index is 279. The highest BCUT2D eigenvalue weighted by atomic mass is 16.5. The molecule has 92 valence electrons. The van der Waals surface area contributed by atoms with E-state index in [0.717, 1.165) is 12.8 Å². The molecular formula is C12H20O4. The third kappa shape index (κ3) is 2.54. The van der Waals surface area contributed by atoms with Crippen LogP contribution >= 0.6 is 0 Å². The Kier molecular flexibility index (Phi) is 3.94. The first-order valence-corrected chi connectivity index (χ1v) is 5.72. The van der Waals surface area contributed by atoms with Gasteiger partial charge in [0.15, 0.2) is 0 Å². The zero-order chi connectivity index (χ0) is 12.3. The van der Waals surface area contributed by atoms with E-state index >= 15 is 0 Å². The average Bonchev–Trinajstić information content (AvgIpc) is 2.20. The zero-order valence-electron chi connectivity index (χ0n) is 10.2. The molecule has 1 N–H and O–H groups in total. The van der Waals surface area contributed by atoms with Crippen LogP contribution in [0.4, 0.5) is 0 Å². The number of carbonyl (C=O) groups excluding carboxylic acids is 1. The van der Waals surface area contributed by atoms with Gasteiger partial charge in [0.05, 0.1) is 18.4 Å². The van der Waals surface area contributed by atoms with Crippen LogP contribution in [-0.2, 0) is 14.3 Å². The van der Waals surface area contributed by atoms with Gasteiger partial charge in [0.25, 0.3) is 0 Å². The molecule has 1 aliphatic carbocycles. The van der Waals surface area contributed by atoms with Crippen LogP contribution in [-0.4, -0.2) is 24.2 Å². The summed E-state index contributed by atoms with van der Waals surface area (Å²) in [6.07, 6.45) is 2.81. The van der Waals surface area contributed by atoms with Gasteiger partial charge in [0.2, 0.25) is 0 Å². The molecule has 4 nitrogen and oxygen atoms in total. The number of hydrogen-bond donors (Lipinski definition) is 1. The molecule has 4 heteroatoms. The fraction of sp³-hybridized carbons (Fsp3) is 0.833. The second-order valence-electron chi connectivity index (χ2n) is 5.06. The SMILES string of the molecule is COC(=O)C1(CCC(C)C(=O)O)CC(C)C1. The lowest BCUT2D eigenvalue weighted by Crippen LogP contribution is -2.44. The zero-order valence-corrected chi connectivity index (χ0v) is 10.2. The Morgan fingerprint density at radius 2 is 2.06 bits per heavy atom. The smallest absolute Gasteiger partial charge is 0.311 e. The Morgan fingerprint density at radius 1 is 1.50 bits per heavy atom. The van der Waals surface area contributed by atoms with Crippen LogP contribution in [0.1, 0.15) is 39.5 Å². The monoisotopic (exact) mass is 228 g/mol. The van der Waals surface area contributed by atoms with E-state index in [2.05, 4.69) is 6.92 Å². The molecule has 0 saturated heterocycles. The molecule has 0 spiro atoms. The molecular weight excluding hydrogens is 208 g/mol. The van der Waals surface area contributed by atoms with Gasteiger partial charge in [-0.15, -0.1) is 0 Å². The summed E-state index contributed by atoms with van der Waals surface area (Å²) < 4.78 is 4.81. The fourth-order valence-corrected chi connectivity index (χ4v) is 2.58. The topological polar surface area (TPSA) is 63.6 Å². The lowest BCUT2D eigenvalue weighted by Gasteiger charge is -2.44. The van der Waals surface area contributed by atoms with Gasteiger partial charge in [-0.25, -0.2) is 0 Å². The largest absolute Gasteiger partial charge is 0.481 e. The van der Waals surface area contributed by atoms with Gasteiger partial charge in [0.1, 0.15) is 0 Å². The number of carboxylic acids is 1. The molecule has 0 heterocycles. The maximum absolute atomic E-state index is 11.7. The van der Waals surface area contributed by atoms with E-state index < -0.39 is 17.3 Å². The van der Waals surface area contributed by atoms with Crippen LogP contribution in [0.5, 0.6) is 0 Å². The van der Waals surface area contributed by atoms with Gasteiger partial charge in [-0.2, -0.15) is 0 Å². The lowest BCUT2D eigenvalue weighted by molar-refractivity contribution is -0.163. The van der Waals surface area contributed by atoms with Crippen molar-refractivity contribution in [2.45, 2.75) is 39.5 Å². The van der Waals surface area contributed by atoms with Crippen LogP contribution in [0.25, 0.3) is 0 Å². The number of methoxy groups -OCH3 is 1. The summed E-state index contributed by atoms with van der Waals surface area (Å²) >= 11 is 0. The van der Waals surface area contributed by atoms with E-state index in [1.165, 1.54) is 7.11 Å². The number of hydrogen-bond acceptors (Lipinski definition) is 3. The fourth-order valence-electron chi connectivity index (χ4n) is 2.58. The summed E-state index contributed by atoms with van der Waals surface area (Å²) in [5.74, 6) is -0.827. The second-order valence-corrected chi connectivity index (χ2v) is 5.06. The quantitative estimate of drug-likeness (QED) is 0.732. The predicted octanol–water partition coefficient (Wildman–Crippen LogP) is 2.08. The van der Waals surface area contributed by atoms with Crippen LogP contribution in [0.3, 0.4) is 0 Å². The molecule has 1 aliphatic rings. The van der Waals surface area contributed by atoms with Crippen molar-refractivity contribution >= 4 is 11.9 Å². The van der Waals surface area contributed by atoms with Crippen molar-refractivity contribution in [3.8, 4) is 0 Å². The van der Waals surface area contributed by atoms with E-state index in [0.29, 0.717) is 18.8 Å². The Hall–Kier alpha value is -1.06. The van der Waals surface area contributed by atoms with E-state index in [-0.39, 0.29) is 5.97 Å². The standard InChI is InChI=1S/C12H20O4/c1-8-6-12(7-8,11(15)16-3)5-4-9(2)10(13)14/h8-9H,4-7H2,1-3H3,(H,13,14). The number of esters is 1. The Balaban J connectivity index is 2.53. The number of rotatable bonds is 5. The van der Waals surface area contributed by atoms with Crippen molar-refractivity contribution in [1.82, 2.24) is 0 Å². The van der Waals surface area contributed by atoms with Gasteiger partial charge in [0, 0.05) is 0 Å². The van der Waals surface area contributed by atoms with E-state index in [4.69, 9.17) is 9.84 Å². The van der Waals surface area contributed by atoms with Crippen LogP contribution in [0.2, 0.25) is 0 Å². The van der Waals surface area contributed by atoms with Crippen molar-refractivity contribution < 1.29 is 19.4 Å². The summed E-state index contributed by atoms with van der Waals surface area (Å²) in [5, 5.41) is 8.80. The number of carbonyl (C=O) groups is 2. The van der Waals surface area contributed by atoms with Gasteiger partial charge in [-0.3, -0.25) is 9.59 Å². The minimum Gasteiger partial charge on any atom is -0.481 e. The molecule has 1 saturated carbocycles. The maximum Gasteiger partial charge on any atom is 0.311 e. The summed E-state index contributed by atoms with van der Waals surface area (Å²) in [7, 11) is 1.40. The van der Waals surface area contributed by atoms with E-state index in [1.54, 1.807) is 6.92 Å². The van der Waals surface area contributed by atoms with Crippen LogP contribution in [0, 0.1) is 17.3 Å². The molecule has 16 heavy (non-hydrogen) atoms. The highest BCUT2D eigenvalue weighted by molar-refractivity contribution is 5.78. The summed E-state index contributed by atoms with van der Waals surface area (Å²) in [6.45, 7) is 3.78. The molecule has 0 aromatic rings. The number of aliphatic carboxylic acids is 1.